The number of anilines is 1. The van der Waals surface area contributed by atoms with Gasteiger partial charge in [0, 0.05) is 17.3 Å². The third kappa shape index (κ3) is 6.03. The molecule has 7 nitrogen and oxygen atoms in total. The predicted molar refractivity (Wildman–Crippen MR) is 101 cm³/mol. The second-order valence-electron chi connectivity index (χ2n) is 5.75. The molecule has 0 spiro atoms. The number of carboxylic acid groups (broad SMARTS) is 1. The van der Waals surface area contributed by atoms with Crippen LogP contribution in [-0.2, 0) is 9.53 Å². The first kappa shape index (κ1) is 22.3. The molecule has 1 amide bonds. The highest BCUT2D eigenvalue weighted by atomic mass is 19.4. The quantitative estimate of drug-likeness (QED) is 0.623. The fourth-order valence-electron chi connectivity index (χ4n) is 2.24. The molecule has 1 heterocycles. The normalized spacial score (nSPS) is 10.5. The predicted octanol–water partition coefficient (Wildman–Crippen LogP) is 3.91. The Balaban J connectivity index is 0.000000396. The molecule has 0 saturated carbocycles. The molecule has 0 unspecified atom stereocenters. The average molecular weight is 420 g/mol. The molecule has 2 aromatic carbocycles. The molecule has 3 aromatic rings. The van der Waals surface area contributed by atoms with Crippen molar-refractivity contribution in [3.8, 4) is 0 Å². The van der Waals surface area contributed by atoms with E-state index >= 15 is 0 Å². The fraction of sp³-hybridized carbons (Fsp3) is 0.100. The van der Waals surface area contributed by atoms with E-state index in [0.29, 0.717) is 16.8 Å². The lowest BCUT2D eigenvalue weighted by Crippen LogP contribution is -2.21. The van der Waals surface area contributed by atoms with Gasteiger partial charge in [-0.1, -0.05) is 24.3 Å². The van der Waals surface area contributed by atoms with Crippen LogP contribution in [0.2, 0.25) is 0 Å². The zero-order valence-corrected chi connectivity index (χ0v) is 15.4. The highest BCUT2D eigenvalue weighted by Gasteiger charge is 2.38. The number of halogens is 3. The second-order valence-corrected chi connectivity index (χ2v) is 5.75. The number of nitrogens with zero attached hydrogens (tertiary/aromatic N) is 1. The molecular weight excluding hydrogens is 405 g/mol. The number of methoxy groups -OCH3 is 1. The van der Waals surface area contributed by atoms with Gasteiger partial charge < -0.3 is 15.2 Å². The fourth-order valence-corrected chi connectivity index (χ4v) is 2.24. The van der Waals surface area contributed by atoms with Crippen molar-refractivity contribution in [1.82, 2.24) is 4.98 Å². The molecule has 1 aromatic heterocycles. The number of aliphatic carboxylic acids is 1. The maximum absolute atomic E-state index is 12.3. The van der Waals surface area contributed by atoms with Crippen molar-refractivity contribution >= 4 is 34.4 Å². The number of carbonyl (C=O) groups excluding carboxylic acids is 2. The van der Waals surface area contributed by atoms with Crippen LogP contribution >= 0.6 is 0 Å². The smallest absolute Gasteiger partial charge is 0.475 e. The van der Waals surface area contributed by atoms with Crippen LogP contribution in [-0.4, -0.2) is 41.2 Å². The first-order chi connectivity index (χ1) is 14.1. The van der Waals surface area contributed by atoms with Crippen molar-refractivity contribution in [1.29, 1.82) is 0 Å². The Morgan fingerprint density at radius 3 is 2.30 bits per heavy atom. The van der Waals surface area contributed by atoms with Crippen LogP contribution in [0.5, 0.6) is 0 Å². The topological polar surface area (TPSA) is 106 Å². The average Bonchev–Trinajstić information content (AvgIpc) is 2.72. The maximum Gasteiger partial charge on any atom is 0.490 e. The summed E-state index contributed by atoms with van der Waals surface area (Å²) in [7, 11) is 1.31. The molecule has 0 fully saturated rings. The minimum atomic E-state index is -5.08. The number of hydrogen-bond acceptors (Lipinski definition) is 5. The largest absolute Gasteiger partial charge is 0.490 e. The van der Waals surface area contributed by atoms with Crippen LogP contribution in [0.1, 0.15) is 20.7 Å². The van der Waals surface area contributed by atoms with Gasteiger partial charge >= 0.3 is 18.1 Å². The number of carbonyl (C=O) groups is 3. The molecule has 0 radical (unpaired) electrons. The summed E-state index contributed by atoms with van der Waals surface area (Å²) in [5, 5.41) is 10.8. The standard InChI is InChI=1S/C18H14N2O3.C2HF3O2/c1-23-18(22)13-6-4-7-15(10-13)20-17(21)14-9-12-5-2-3-8-16(12)19-11-14;3-2(4,5)1(6)7/h2-11H,1H3,(H,20,21);(H,6,7). The van der Waals surface area contributed by atoms with Gasteiger partial charge in [-0.2, -0.15) is 13.2 Å². The van der Waals surface area contributed by atoms with E-state index in [-0.39, 0.29) is 5.91 Å². The van der Waals surface area contributed by atoms with Crippen molar-refractivity contribution in [3.63, 3.8) is 0 Å². The third-order valence-electron chi connectivity index (χ3n) is 3.64. The van der Waals surface area contributed by atoms with Gasteiger partial charge in [0.25, 0.3) is 5.91 Å². The van der Waals surface area contributed by atoms with E-state index in [1.54, 1.807) is 30.3 Å². The minimum absolute atomic E-state index is 0.287. The lowest BCUT2D eigenvalue weighted by atomic mass is 10.1. The van der Waals surface area contributed by atoms with Crippen LogP contribution in [0.25, 0.3) is 10.9 Å². The van der Waals surface area contributed by atoms with Crippen molar-refractivity contribution in [2.45, 2.75) is 6.18 Å². The summed E-state index contributed by atoms with van der Waals surface area (Å²) >= 11 is 0. The van der Waals surface area contributed by atoms with E-state index in [4.69, 9.17) is 9.90 Å². The minimum Gasteiger partial charge on any atom is -0.475 e. The zero-order chi connectivity index (χ0) is 22.3. The molecule has 10 heteroatoms. The summed E-state index contributed by atoms with van der Waals surface area (Å²) in [5.41, 5.74) is 2.18. The number of esters is 1. The molecule has 0 bridgehead atoms. The molecule has 0 saturated heterocycles. The Kier molecular flexibility index (Phi) is 7.08. The number of hydrogen-bond donors (Lipinski definition) is 2. The van der Waals surface area contributed by atoms with Gasteiger partial charge in [-0.05, 0) is 30.3 Å². The number of benzene rings is 2. The summed E-state index contributed by atoms with van der Waals surface area (Å²) in [6, 6.07) is 15.9. The van der Waals surface area contributed by atoms with Crippen LogP contribution < -0.4 is 5.32 Å². The highest BCUT2D eigenvalue weighted by Crippen LogP contribution is 2.16. The number of para-hydroxylation sites is 1. The second kappa shape index (κ2) is 9.50. The Hall–Kier alpha value is -3.95. The Bertz CT molecular complexity index is 1080. The van der Waals surface area contributed by atoms with Crippen molar-refractivity contribution < 1.29 is 37.4 Å². The highest BCUT2D eigenvalue weighted by molar-refractivity contribution is 6.06. The number of pyridine rings is 1. The van der Waals surface area contributed by atoms with Crippen LogP contribution in [0.15, 0.2) is 60.8 Å². The number of aromatic nitrogens is 1. The molecule has 3 rings (SSSR count). The molecule has 0 atom stereocenters. The van der Waals surface area contributed by atoms with E-state index < -0.39 is 18.1 Å². The van der Waals surface area contributed by atoms with Gasteiger partial charge in [-0.3, -0.25) is 9.78 Å². The molecule has 2 N–H and O–H groups in total. The number of fused-ring (bicyclic) bond motifs is 1. The SMILES string of the molecule is COC(=O)c1cccc(NC(=O)c2cnc3ccccc3c2)c1.O=C(O)C(F)(F)F. The summed E-state index contributed by atoms with van der Waals surface area (Å²) < 4.78 is 36.4. The Labute approximate surface area is 168 Å². The molecule has 0 aliphatic heterocycles. The van der Waals surface area contributed by atoms with E-state index in [1.165, 1.54) is 13.3 Å². The number of nitrogens with one attached hydrogen (secondary N) is 1. The van der Waals surface area contributed by atoms with Gasteiger partial charge in [0.05, 0.1) is 23.8 Å². The van der Waals surface area contributed by atoms with E-state index in [0.717, 1.165) is 10.9 Å². The van der Waals surface area contributed by atoms with Crippen LogP contribution in [0.3, 0.4) is 0 Å². The van der Waals surface area contributed by atoms with Gasteiger partial charge in [0.1, 0.15) is 0 Å². The van der Waals surface area contributed by atoms with Gasteiger partial charge in [-0.25, -0.2) is 9.59 Å². The molecule has 30 heavy (non-hydrogen) atoms. The van der Waals surface area contributed by atoms with Crippen molar-refractivity contribution in [2.24, 2.45) is 0 Å². The van der Waals surface area contributed by atoms with E-state index in [9.17, 15) is 22.8 Å². The number of alkyl halides is 3. The number of amides is 1. The van der Waals surface area contributed by atoms with Crippen molar-refractivity contribution in [2.75, 3.05) is 12.4 Å². The summed E-state index contributed by atoms with van der Waals surface area (Å²) in [6.07, 6.45) is -3.55. The lowest BCUT2D eigenvalue weighted by Gasteiger charge is -2.07. The Morgan fingerprint density at radius 2 is 1.67 bits per heavy atom. The van der Waals surface area contributed by atoms with Gasteiger partial charge in [-0.15, -0.1) is 0 Å². The number of ether oxygens (including phenoxy) is 1. The number of carboxylic acids is 1. The van der Waals surface area contributed by atoms with E-state index in [2.05, 4.69) is 15.0 Å². The van der Waals surface area contributed by atoms with Crippen LogP contribution in [0, 0.1) is 0 Å². The van der Waals surface area contributed by atoms with E-state index in [1.807, 2.05) is 24.3 Å². The first-order valence-electron chi connectivity index (χ1n) is 8.26. The summed E-state index contributed by atoms with van der Waals surface area (Å²) in [5.74, 6) is -3.49. The monoisotopic (exact) mass is 420 g/mol. The summed E-state index contributed by atoms with van der Waals surface area (Å²) in [4.78, 5) is 37.0. The third-order valence-corrected chi connectivity index (χ3v) is 3.64. The zero-order valence-electron chi connectivity index (χ0n) is 15.4. The van der Waals surface area contributed by atoms with Gasteiger partial charge in [0.2, 0.25) is 0 Å². The molecular formula is C20H15F3N2O5. The number of rotatable bonds is 3. The summed E-state index contributed by atoms with van der Waals surface area (Å²) in [6.45, 7) is 0. The van der Waals surface area contributed by atoms with Crippen LogP contribution in [0.4, 0.5) is 18.9 Å². The Morgan fingerprint density at radius 1 is 1.00 bits per heavy atom. The maximum atomic E-state index is 12.3. The molecule has 0 aliphatic carbocycles. The van der Waals surface area contributed by atoms with Crippen molar-refractivity contribution in [3.05, 3.63) is 71.9 Å². The van der Waals surface area contributed by atoms with Gasteiger partial charge in [0.15, 0.2) is 0 Å². The molecule has 0 aliphatic rings. The molecule has 156 valence electrons. The first-order valence-corrected chi connectivity index (χ1v) is 8.26. The lowest BCUT2D eigenvalue weighted by molar-refractivity contribution is -0.192.